The van der Waals surface area contributed by atoms with Crippen LogP contribution in [0.4, 0.5) is 10.3 Å². The van der Waals surface area contributed by atoms with Crippen LogP contribution in [0.2, 0.25) is 0 Å². The van der Waals surface area contributed by atoms with Gasteiger partial charge in [-0.15, -0.1) is 0 Å². The molecule has 0 bridgehead atoms. The van der Waals surface area contributed by atoms with Gasteiger partial charge in [-0.05, 0) is 28.6 Å². The van der Waals surface area contributed by atoms with E-state index in [-0.39, 0.29) is 28.5 Å². The fourth-order valence-corrected chi connectivity index (χ4v) is 2.91. The molecule has 0 unspecified atom stereocenters. The molecular formula is C17H12FN5O4. The number of methoxy groups -OCH3 is 1. The van der Waals surface area contributed by atoms with E-state index in [1.807, 2.05) is 0 Å². The minimum absolute atomic E-state index is 0.0222. The number of hydrogen-bond donors (Lipinski definition) is 1. The van der Waals surface area contributed by atoms with Crippen molar-refractivity contribution in [2.75, 3.05) is 12.4 Å². The third kappa shape index (κ3) is 2.67. The van der Waals surface area contributed by atoms with Crippen LogP contribution in [0.25, 0.3) is 0 Å². The SMILES string of the molecule is COC(=O)C1=C(C(=O)c2ccco2)[C@@H](c2ccccc2F)n2nnnc2N1. The summed E-state index contributed by atoms with van der Waals surface area (Å²) in [5.74, 6) is -1.98. The topological polar surface area (TPSA) is 112 Å². The van der Waals surface area contributed by atoms with E-state index in [4.69, 9.17) is 9.15 Å². The number of carbonyl (C=O) groups is 2. The van der Waals surface area contributed by atoms with Crippen LogP contribution in [0.3, 0.4) is 0 Å². The van der Waals surface area contributed by atoms with E-state index >= 15 is 0 Å². The number of benzene rings is 1. The molecule has 1 aliphatic rings. The molecule has 1 N–H and O–H groups in total. The van der Waals surface area contributed by atoms with Gasteiger partial charge in [-0.25, -0.2) is 9.18 Å². The lowest BCUT2D eigenvalue weighted by atomic mass is 9.91. The van der Waals surface area contributed by atoms with Crippen molar-refractivity contribution < 1.29 is 23.1 Å². The Balaban J connectivity index is 1.99. The number of furan rings is 1. The normalized spacial score (nSPS) is 15.9. The van der Waals surface area contributed by atoms with Gasteiger partial charge in [0, 0.05) is 5.56 Å². The van der Waals surface area contributed by atoms with Crippen molar-refractivity contribution in [2.24, 2.45) is 0 Å². The molecule has 10 heteroatoms. The number of carbonyl (C=O) groups excluding carboxylic acids is 2. The molecule has 9 nitrogen and oxygen atoms in total. The molecule has 0 saturated heterocycles. The summed E-state index contributed by atoms with van der Waals surface area (Å²) in [6, 6.07) is 7.73. The van der Waals surface area contributed by atoms with E-state index in [1.54, 1.807) is 6.07 Å². The molecule has 3 aromatic rings. The second-order valence-corrected chi connectivity index (χ2v) is 5.58. The molecule has 4 rings (SSSR count). The number of hydrogen-bond acceptors (Lipinski definition) is 8. The highest BCUT2D eigenvalue weighted by Crippen LogP contribution is 2.37. The number of ether oxygens (including phenoxy) is 1. The van der Waals surface area contributed by atoms with Gasteiger partial charge in [0.25, 0.3) is 0 Å². The first-order valence-corrected chi connectivity index (χ1v) is 7.81. The lowest BCUT2D eigenvalue weighted by Gasteiger charge is -2.27. The van der Waals surface area contributed by atoms with Crippen molar-refractivity contribution in [2.45, 2.75) is 6.04 Å². The Morgan fingerprint density at radius 1 is 1.26 bits per heavy atom. The number of allylic oxidation sites excluding steroid dienone is 1. The molecule has 1 aromatic carbocycles. The Hall–Kier alpha value is -3.82. The highest BCUT2D eigenvalue weighted by Gasteiger charge is 2.40. The summed E-state index contributed by atoms with van der Waals surface area (Å²) in [4.78, 5) is 25.5. The highest BCUT2D eigenvalue weighted by atomic mass is 19.1. The third-order valence-electron chi connectivity index (χ3n) is 4.10. The molecule has 0 spiro atoms. The molecule has 27 heavy (non-hydrogen) atoms. The number of fused-ring (bicyclic) bond motifs is 1. The number of nitrogens with zero attached hydrogens (tertiary/aromatic N) is 4. The maximum atomic E-state index is 14.6. The quantitative estimate of drug-likeness (QED) is 0.547. The maximum Gasteiger partial charge on any atom is 0.355 e. The van der Waals surface area contributed by atoms with Gasteiger partial charge in [0.2, 0.25) is 11.7 Å². The van der Waals surface area contributed by atoms with E-state index < -0.39 is 23.6 Å². The number of tetrazole rings is 1. The number of aromatic nitrogens is 4. The zero-order valence-corrected chi connectivity index (χ0v) is 13.9. The fraction of sp³-hybridized carbons (Fsp3) is 0.118. The standard InChI is InChI=1S/C17H12FN5O4/c1-26-16(25)13-12(15(24)11-7-4-8-27-11)14(9-5-2-3-6-10(9)18)23-17(19-13)20-21-22-23/h2-8,14H,1H3,(H,19,20,22)/t14-/m1/s1. The largest absolute Gasteiger partial charge is 0.464 e. The Kier molecular flexibility index (Phi) is 3.99. The summed E-state index contributed by atoms with van der Waals surface area (Å²) >= 11 is 0. The van der Waals surface area contributed by atoms with E-state index in [1.165, 1.54) is 48.4 Å². The number of rotatable bonds is 4. The van der Waals surface area contributed by atoms with Crippen LogP contribution >= 0.6 is 0 Å². The number of anilines is 1. The predicted molar refractivity (Wildman–Crippen MR) is 88.1 cm³/mol. The smallest absolute Gasteiger partial charge is 0.355 e. The molecule has 136 valence electrons. The third-order valence-corrected chi connectivity index (χ3v) is 4.10. The van der Waals surface area contributed by atoms with Crippen molar-refractivity contribution in [3.05, 3.63) is 71.1 Å². The van der Waals surface area contributed by atoms with Crippen LogP contribution in [0.1, 0.15) is 22.2 Å². The first-order chi connectivity index (χ1) is 13.1. The molecule has 0 radical (unpaired) electrons. The molecule has 1 atom stereocenters. The van der Waals surface area contributed by atoms with Crippen LogP contribution < -0.4 is 5.32 Å². The fourth-order valence-electron chi connectivity index (χ4n) is 2.91. The summed E-state index contributed by atoms with van der Waals surface area (Å²) in [6.45, 7) is 0. The average molecular weight is 369 g/mol. The van der Waals surface area contributed by atoms with Gasteiger partial charge in [0.1, 0.15) is 17.6 Å². The summed E-state index contributed by atoms with van der Waals surface area (Å²) < 4.78 is 25.8. The molecular weight excluding hydrogens is 357 g/mol. The Bertz CT molecular complexity index is 1060. The number of nitrogens with one attached hydrogen (secondary N) is 1. The lowest BCUT2D eigenvalue weighted by Crippen LogP contribution is -2.33. The van der Waals surface area contributed by atoms with E-state index in [9.17, 15) is 14.0 Å². The summed E-state index contributed by atoms with van der Waals surface area (Å²) in [5.41, 5.74) is -0.167. The monoisotopic (exact) mass is 369 g/mol. The van der Waals surface area contributed by atoms with Crippen molar-refractivity contribution in [1.82, 2.24) is 20.2 Å². The van der Waals surface area contributed by atoms with Crippen LogP contribution in [0.5, 0.6) is 0 Å². The Morgan fingerprint density at radius 2 is 2.07 bits per heavy atom. The predicted octanol–water partition coefficient (Wildman–Crippen LogP) is 1.73. The van der Waals surface area contributed by atoms with E-state index in [0.717, 1.165) is 0 Å². The summed E-state index contributed by atoms with van der Waals surface area (Å²) in [6.07, 6.45) is 1.32. The van der Waals surface area contributed by atoms with Crippen molar-refractivity contribution in [1.29, 1.82) is 0 Å². The van der Waals surface area contributed by atoms with E-state index in [2.05, 4.69) is 20.8 Å². The number of Topliss-reactive ketones (excluding diaryl/α,β-unsaturated/α-hetero) is 1. The van der Waals surface area contributed by atoms with Crippen molar-refractivity contribution in [3.63, 3.8) is 0 Å². The maximum absolute atomic E-state index is 14.6. The average Bonchev–Trinajstić information content (AvgIpc) is 3.37. The van der Waals surface area contributed by atoms with Crippen LogP contribution in [-0.4, -0.2) is 39.1 Å². The van der Waals surface area contributed by atoms with Gasteiger partial charge in [-0.2, -0.15) is 4.68 Å². The molecule has 0 fully saturated rings. The molecule has 0 aliphatic carbocycles. The van der Waals surface area contributed by atoms with Crippen LogP contribution in [0, 0.1) is 5.82 Å². The molecule has 0 saturated carbocycles. The Labute approximate surface area is 151 Å². The zero-order valence-electron chi connectivity index (χ0n) is 13.9. The van der Waals surface area contributed by atoms with Gasteiger partial charge < -0.3 is 14.5 Å². The molecule has 1 aliphatic heterocycles. The minimum atomic E-state index is -1.09. The number of ketones is 1. The highest BCUT2D eigenvalue weighted by molar-refractivity contribution is 6.13. The molecule has 0 amide bonds. The van der Waals surface area contributed by atoms with E-state index in [0.29, 0.717) is 0 Å². The van der Waals surface area contributed by atoms with Gasteiger partial charge in [0.15, 0.2) is 5.76 Å². The second-order valence-electron chi connectivity index (χ2n) is 5.58. The molecule has 2 aromatic heterocycles. The number of esters is 1. The minimum Gasteiger partial charge on any atom is -0.464 e. The lowest BCUT2D eigenvalue weighted by molar-refractivity contribution is -0.136. The van der Waals surface area contributed by atoms with Crippen molar-refractivity contribution in [3.8, 4) is 0 Å². The van der Waals surface area contributed by atoms with Crippen LogP contribution in [-0.2, 0) is 9.53 Å². The van der Waals surface area contributed by atoms with Gasteiger partial charge in [-0.3, -0.25) is 4.79 Å². The molecule has 3 heterocycles. The first-order valence-electron chi connectivity index (χ1n) is 7.81. The summed E-state index contributed by atoms with van der Waals surface area (Å²) in [7, 11) is 1.17. The second kappa shape index (κ2) is 6.48. The van der Waals surface area contributed by atoms with Crippen LogP contribution in [0.15, 0.2) is 58.3 Å². The van der Waals surface area contributed by atoms with Gasteiger partial charge >= 0.3 is 5.97 Å². The zero-order chi connectivity index (χ0) is 19.0. The number of halogens is 1. The first kappa shape index (κ1) is 16.6. The summed E-state index contributed by atoms with van der Waals surface area (Å²) in [5, 5.41) is 13.9. The van der Waals surface area contributed by atoms with Crippen molar-refractivity contribution >= 4 is 17.7 Å². The Morgan fingerprint density at radius 3 is 2.78 bits per heavy atom. The van der Waals surface area contributed by atoms with Gasteiger partial charge in [-0.1, -0.05) is 23.3 Å². The van der Waals surface area contributed by atoms with Gasteiger partial charge in [0.05, 0.1) is 18.9 Å².